The van der Waals surface area contributed by atoms with Crippen LogP contribution in [0, 0.1) is 11.6 Å². The SMILES string of the molecule is O=C1c2c(O)c(=O)ccn2N([C@@H]2c3ccccc3-c3sc(N4CC[C@H](F)C4)cc3-c3c2ccc(F)c3F)[C@@H]2COCCN12. The van der Waals surface area contributed by atoms with Crippen molar-refractivity contribution in [2.24, 2.45) is 0 Å². The Morgan fingerprint density at radius 2 is 1.84 bits per heavy atom. The summed E-state index contributed by atoms with van der Waals surface area (Å²) in [6.45, 7) is 1.36. The van der Waals surface area contributed by atoms with Crippen LogP contribution in [0.2, 0.25) is 0 Å². The molecule has 2 aromatic carbocycles. The van der Waals surface area contributed by atoms with Crippen molar-refractivity contribution in [3.8, 4) is 27.3 Å². The van der Waals surface area contributed by atoms with Crippen LogP contribution in [-0.2, 0) is 4.74 Å². The first-order chi connectivity index (χ1) is 20.8. The molecule has 1 aliphatic carbocycles. The zero-order chi connectivity index (χ0) is 29.6. The van der Waals surface area contributed by atoms with Gasteiger partial charge in [0, 0.05) is 47.9 Å². The van der Waals surface area contributed by atoms with Crippen molar-refractivity contribution in [2.75, 3.05) is 42.8 Å². The second-order valence-electron chi connectivity index (χ2n) is 11.1. The van der Waals surface area contributed by atoms with E-state index in [9.17, 15) is 19.1 Å². The maximum atomic E-state index is 16.1. The van der Waals surface area contributed by atoms with Gasteiger partial charge < -0.3 is 19.6 Å². The summed E-state index contributed by atoms with van der Waals surface area (Å²) in [5.41, 5.74) is 1.62. The van der Waals surface area contributed by atoms with Gasteiger partial charge in [0.15, 0.2) is 23.1 Å². The minimum absolute atomic E-state index is 0.0710. The number of hydrogen-bond donors (Lipinski definition) is 1. The Labute approximate surface area is 247 Å². The van der Waals surface area contributed by atoms with Crippen molar-refractivity contribution < 1.29 is 27.8 Å². The number of halogens is 3. The standard InChI is InChI=1S/C31H25F3N4O4S/c32-16-7-9-35(14-16)24-13-20-25-19(5-6-21(33)26(25)34)27(17-3-1-2-4-18(17)30(20)43-24)38-23-15-42-12-11-36(23)31(41)28-29(40)22(39)8-10-37(28)38/h1-6,8,10,13,16,23,27,40H,7,9,11-12,14-15H2/t16-,23+,27+/m0/s1. The predicted octanol–water partition coefficient (Wildman–Crippen LogP) is 4.63. The first-order valence-electron chi connectivity index (χ1n) is 14.1. The number of thiophene rings is 1. The molecular weight excluding hydrogens is 581 g/mol. The topological polar surface area (TPSA) is 78.2 Å². The summed E-state index contributed by atoms with van der Waals surface area (Å²) in [7, 11) is 0. The van der Waals surface area contributed by atoms with Crippen LogP contribution < -0.4 is 15.3 Å². The molecule has 1 amide bonds. The summed E-state index contributed by atoms with van der Waals surface area (Å²) in [5.74, 6) is -3.23. The molecule has 2 aromatic heterocycles. The van der Waals surface area contributed by atoms with Gasteiger partial charge in [-0.3, -0.25) is 19.3 Å². The zero-order valence-corrected chi connectivity index (χ0v) is 23.5. The fraction of sp³-hybridized carbons (Fsp3) is 0.290. The molecular formula is C31H25F3N4O4S. The van der Waals surface area contributed by atoms with E-state index >= 15 is 8.78 Å². The Morgan fingerprint density at radius 3 is 2.65 bits per heavy atom. The lowest BCUT2D eigenvalue weighted by Gasteiger charge is -2.51. The minimum Gasteiger partial charge on any atom is -0.502 e. The molecule has 0 spiro atoms. The molecule has 43 heavy (non-hydrogen) atoms. The lowest BCUT2D eigenvalue weighted by atomic mass is 9.91. The summed E-state index contributed by atoms with van der Waals surface area (Å²) in [4.78, 5) is 30.3. The second-order valence-corrected chi connectivity index (χ2v) is 12.2. The lowest BCUT2D eigenvalue weighted by molar-refractivity contribution is -0.0196. The van der Waals surface area contributed by atoms with Gasteiger partial charge in [0.25, 0.3) is 5.91 Å². The lowest BCUT2D eigenvalue weighted by Crippen LogP contribution is -2.66. The Hall–Kier alpha value is -4.29. The van der Waals surface area contributed by atoms with Crippen molar-refractivity contribution in [1.29, 1.82) is 0 Å². The third-order valence-electron chi connectivity index (χ3n) is 8.79. The van der Waals surface area contributed by atoms with Crippen LogP contribution in [0.5, 0.6) is 5.75 Å². The highest BCUT2D eigenvalue weighted by Gasteiger charge is 2.47. The zero-order valence-electron chi connectivity index (χ0n) is 22.7. The third kappa shape index (κ3) is 3.79. The van der Waals surface area contributed by atoms with Crippen molar-refractivity contribution in [3.05, 3.63) is 93.4 Å². The van der Waals surface area contributed by atoms with E-state index < -0.39 is 47.1 Å². The van der Waals surface area contributed by atoms with E-state index in [2.05, 4.69) is 0 Å². The highest BCUT2D eigenvalue weighted by molar-refractivity contribution is 7.20. The number of anilines is 1. The van der Waals surface area contributed by atoms with Crippen LogP contribution in [0.15, 0.2) is 59.5 Å². The molecule has 1 N–H and O–H groups in total. The molecule has 3 atom stereocenters. The summed E-state index contributed by atoms with van der Waals surface area (Å²) >= 11 is 1.40. The van der Waals surface area contributed by atoms with Crippen molar-refractivity contribution in [3.63, 3.8) is 0 Å². The quantitative estimate of drug-likeness (QED) is 0.359. The van der Waals surface area contributed by atoms with Gasteiger partial charge in [0.2, 0.25) is 5.43 Å². The molecule has 2 saturated heterocycles. The first-order valence-corrected chi connectivity index (χ1v) is 14.9. The Balaban J connectivity index is 1.42. The van der Waals surface area contributed by atoms with E-state index in [0.29, 0.717) is 29.0 Å². The molecule has 12 heteroatoms. The number of benzene rings is 2. The molecule has 4 aromatic rings. The summed E-state index contributed by atoms with van der Waals surface area (Å²) < 4.78 is 52.6. The van der Waals surface area contributed by atoms with Crippen molar-refractivity contribution >= 4 is 22.2 Å². The molecule has 8 nitrogen and oxygen atoms in total. The van der Waals surface area contributed by atoms with Crippen molar-refractivity contribution in [2.45, 2.75) is 24.8 Å². The maximum Gasteiger partial charge on any atom is 0.278 e. The van der Waals surface area contributed by atoms with Gasteiger partial charge >= 0.3 is 0 Å². The van der Waals surface area contributed by atoms with E-state index in [1.165, 1.54) is 28.3 Å². The molecule has 0 radical (unpaired) electrons. The highest BCUT2D eigenvalue weighted by Crippen LogP contribution is 2.53. The largest absolute Gasteiger partial charge is 0.502 e. The van der Waals surface area contributed by atoms with Crippen LogP contribution >= 0.6 is 11.3 Å². The van der Waals surface area contributed by atoms with Crippen LogP contribution in [0.3, 0.4) is 0 Å². The number of ether oxygens (including phenoxy) is 1. The first kappa shape index (κ1) is 26.3. The van der Waals surface area contributed by atoms with Gasteiger partial charge in [0.1, 0.15) is 12.3 Å². The number of pyridine rings is 1. The number of morpholine rings is 1. The number of aromatic hydroxyl groups is 1. The molecule has 3 aliphatic heterocycles. The number of nitrogens with zero attached hydrogens (tertiary/aromatic N) is 4. The van der Waals surface area contributed by atoms with Gasteiger partial charge in [0.05, 0.1) is 24.3 Å². The van der Waals surface area contributed by atoms with Gasteiger partial charge in [-0.05, 0) is 35.2 Å². The van der Waals surface area contributed by atoms with Gasteiger partial charge in [-0.15, -0.1) is 11.3 Å². The molecule has 0 unspecified atom stereocenters. The van der Waals surface area contributed by atoms with Crippen LogP contribution in [0.4, 0.5) is 18.2 Å². The van der Waals surface area contributed by atoms with Gasteiger partial charge in [-0.25, -0.2) is 13.2 Å². The average molecular weight is 607 g/mol. The molecule has 4 aliphatic rings. The maximum absolute atomic E-state index is 16.1. The van der Waals surface area contributed by atoms with E-state index in [4.69, 9.17) is 4.74 Å². The summed E-state index contributed by atoms with van der Waals surface area (Å²) in [5, 5.41) is 13.4. The second kappa shape index (κ2) is 9.61. The minimum atomic E-state index is -1.02. The summed E-state index contributed by atoms with van der Waals surface area (Å²) in [6, 6.07) is 12.4. The smallest absolute Gasteiger partial charge is 0.278 e. The molecule has 0 bridgehead atoms. The van der Waals surface area contributed by atoms with Crippen molar-refractivity contribution in [1.82, 2.24) is 9.58 Å². The van der Waals surface area contributed by atoms with E-state index in [1.807, 2.05) is 35.2 Å². The number of carbonyl (C=O) groups is 1. The van der Waals surface area contributed by atoms with Crippen LogP contribution in [0.25, 0.3) is 21.6 Å². The van der Waals surface area contributed by atoms with Crippen LogP contribution in [-0.4, -0.2) is 65.8 Å². The van der Waals surface area contributed by atoms with E-state index in [1.54, 1.807) is 16.0 Å². The number of rotatable bonds is 2. The summed E-state index contributed by atoms with van der Waals surface area (Å²) in [6.07, 6.45) is 0.185. The highest BCUT2D eigenvalue weighted by atomic mass is 32.1. The number of hydrogen-bond acceptors (Lipinski definition) is 7. The number of alkyl halides is 1. The average Bonchev–Trinajstić information content (AvgIpc) is 3.62. The molecule has 220 valence electrons. The Kier molecular flexibility index (Phi) is 5.89. The predicted molar refractivity (Wildman–Crippen MR) is 155 cm³/mol. The Morgan fingerprint density at radius 1 is 1.00 bits per heavy atom. The van der Waals surface area contributed by atoms with Gasteiger partial charge in [-0.2, -0.15) is 0 Å². The van der Waals surface area contributed by atoms with E-state index in [0.717, 1.165) is 22.2 Å². The molecule has 2 fully saturated rings. The Bertz CT molecular complexity index is 1880. The number of amides is 1. The normalized spacial score (nSPS) is 22.4. The van der Waals surface area contributed by atoms with E-state index in [-0.39, 0.29) is 37.6 Å². The monoisotopic (exact) mass is 606 g/mol. The molecule has 0 saturated carbocycles. The number of fused-ring (bicyclic) bond motifs is 7. The van der Waals surface area contributed by atoms with Crippen LogP contribution in [0.1, 0.15) is 34.1 Å². The molecule has 5 heterocycles. The fourth-order valence-corrected chi connectivity index (χ4v) is 8.08. The number of carbonyl (C=O) groups excluding carboxylic acids is 1. The number of aromatic nitrogens is 1. The van der Waals surface area contributed by atoms with Gasteiger partial charge in [-0.1, -0.05) is 30.3 Å². The third-order valence-corrected chi connectivity index (χ3v) is 10.0. The fourth-order valence-electron chi connectivity index (χ4n) is 6.83. The molecule has 8 rings (SSSR count).